The van der Waals surface area contributed by atoms with Crippen molar-refractivity contribution in [2.45, 2.75) is 45.2 Å². The number of rotatable bonds is 6. The van der Waals surface area contributed by atoms with Crippen molar-refractivity contribution in [3.63, 3.8) is 0 Å². The molecule has 5 rings (SSSR count). The summed E-state index contributed by atoms with van der Waals surface area (Å²) in [6.45, 7) is 2.54. The number of halogens is 1. The van der Waals surface area contributed by atoms with Gasteiger partial charge in [0.2, 0.25) is 0 Å². The molecule has 4 aromatic rings. The maximum atomic E-state index is 13.4. The summed E-state index contributed by atoms with van der Waals surface area (Å²) in [7, 11) is 0. The van der Waals surface area contributed by atoms with Crippen LogP contribution in [0.1, 0.15) is 48.7 Å². The first kappa shape index (κ1) is 23.4. The lowest BCUT2D eigenvalue weighted by atomic mass is 9.79. The fraction of sp³-hybridized carbons (Fsp3) is 0.321. The number of nitrogens with one attached hydrogen (secondary N) is 1. The van der Waals surface area contributed by atoms with Crippen LogP contribution in [0.3, 0.4) is 0 Å². The van der Waals surface area contributed by atoms with Crippen molar-refractivity contribution in [3.05, 3.63) is 77.1 Å². The van der Waals surface area contributed by atoms with Gasteiger partial charge in [0, 0.05) is 28.0 Å². The third-order valence-electron chi connectivity index (χ3n) is 7.25. The molecule has 0 spiro atoms. The molecular formula is C28H28ClN3O3. The molecule has 1 unspecified atom stereocenters. The van der Waals surface area contributed by atoms with E-state index in [1.165, 1.54) is 0 Å². The Labute approximate surface area is 208 Å². The maximum absolute atomic E-state index is 13.4. The van der Waals surface area contributed by atoms with E-state index in [1.54, 1.807) is 6.07 Å². The SMILES string of the molecule is CC(NC(=O)c1cc(Cl)cc2ccn(Cc3ccc4ccccc4n3)c12)[C@H]1CC[C@H](C(=O)O)CC1. The third kappa shape index (κ3) is 4.89. The van der Waals surface area contributed by atoms with Crippen LogP contribution in [0.15, 0.2) is 60.8 Å². The number of nitrogens with zero attached hydrogens (tertiary/aromatic N) is 2. The lowest BCUT2D eigenvalue weighted by molar-refractivity contribution is -0.143. The van der Waals surface area contributed by atoms with Gasteiger partial charge in [-0.05, 0) is 68.9 Å². The number of carboxylic acids is 1. The molecule has 1 amide bonds. The summed E-state index contributed by atoms with van der Waals surface area (Å²) < 4.78 is 2.04. The van der Waals surface area contributed by atoms with Crippen LogP contribution in [-0.2, 0) is 11.3 Å². The second-order valence-corrected chi connectivity index (χ2v) is 9.98. The van der Waals surface area contributed by atoms with Gasteiger partial charge < -0.3 is 15.0 Å². The van der Waals surface area contributed by atoms with Crippen molar-refractivity contribution in [2.75, 3.05) is 0 Å². The minimum atomic E-state index is -0.719. The number of pyridine rings is 1. The molecular weight excluding hydrogens is 462 g/mol. The van der Waals surface area contributed by atoms with Crippen molar-refractivity contribution in [1.82, 2.24) is 14.9 Å². The van der Waals surface area contributed by atoms with Crippen molar-refractivity contribution >= 4 is 45.3 Å². The second-order valence-electron chi connectivity index (χ2n) is 9.54. The van der Waals surface area contributed by atoms with Gasteiger partial charge in [0.25, 0.3) is 5.91 Å². The number of hydrogen-bond donors (Lipinski definition) is 2. The first-order valence-electron chi connectivity index (χ1n) is 12.1. The smallest absolute Gasteiger partial charge is 0.306 e. The molecule has 2 N–H and O–H groups in total. The van der Waals surface area contributed by atoms with Crippen LogP contribution >= 0.6 is 11.6 Å². The molecule has 6 nitrogen and oxygen atoms in total. The van der Waals surface area contributed by atoms with E-state index < -0.39 is 5.97 Å². The number of carbonyl (C=O) groups excluding carboxylic acids is 1. The average molecular weight is 490 g/mol. The number of carboxylic acid groups (broad SMARTS) is 1. The predicted molar refractivity (Wildman–Crippen MR) is 138 cm³/mol. The molecule has 2 aromatic carbocycles. The van der Waals surface area contributed by atoms with E-state index in [-0.39, 0.29) is 23.8 Å². The van der Waals surface area contributed by atoms with Crippen LogP contribution in [0.4, 0.5) is 0 Å². The summed E-state index contributed by atoms with van der Waals surface area (Å²) in [6, 6.07) is 17.6. The van der Waals surface area contributed by atoms with Crippen LogP contribution in [0.25, 0.3) is 21.8 Å². The first-order chi connectivity index (χ1) is 16.9. The number of amides is 1. The molecule has 7 heteroatoms. The molecule has 35 heavy (non-hydrogen) atoms. The monoisotopic (exact) mass is 489 g/mol. The fourth-order valence-corrected chi connectivity index (χ4v) is 5.48. The van der Waals surface area contributed by atoms with Gasteiger partial charge in [0.15, 0.2) is 0 Å². The summed E-state index contributed by atoms with van der Waals surface area (Å²) in [6.07, 6.45) is 4.87. The minimum absolute atomic E-state index is 0.0585. The molecule has 0 radical (unpaired) electrons. The number of aromatic nitrogens is 2. The van der Waals surface area contributed by atoms with E-state index in [0.717, 1.165) is 40.3 Å². The Morgan fingerprint density at radius 2 is 1.86 bits per heavy atom. The van der Waals surface area contributed by atoms with Gasteiger partial charge in [-0.3, -0.25) is 14.6 Å². The van der Waals surface area contributed by atoms with E-state index in [1.807, 2.05) is 60.2 Å². The summed E-state index contributed by atoms with van der Waals surface area (Å²) in [5.74, 6) is -0.897. The zero-order valence-corrected chi connectivity index (χ0v) is 20.3. The Morgan fingerprint density at radius 1 is 1.09 bits per heavy atom. The number of hydrogen-bond acceptors (Lipinski definition) is 3. The van der Waals surface area contributed by atoms with Crippen LogP contribution in [-0.4, -0.2) is 32.6 Å². The summed E-state index contributed by atoms with van der Waals surface area (Å²) in [4.78, 5) is 29.5. The normalized spacial score (nSPS) is 19.0. The van der Waals surface area contributed by atoms with Crippen molar-refractivity contribution < 1.29 is 14.7 Å². The van der Waals surface area contributed by atoms with Crippen molar-refractivity contribution in [1.29, 1.82) is 0 Å². The van der Waals surface area contributed by atoms with Crippen molar-refractivity contribution in [2.24, 2.45) is 11.8 Å². The van der Waals surface area contributed by atoms with E-state index in [0.29, 0.717) is 30.0 Å². The molecule has 1 saturated carbocycles. The molecule has 2 heterocycles. The molecule has 1 aliphatic carbocycles. The van der Waals surface area contributed by atoms with Gasteiger partial charge >= 0.3 is 5.97 Å². The maximum Gasteiger partial charge on any atom is 0.306 e. The molecule has 2 aromatic heterocycles. The highest BCUT2D eigenvalue weighted by Gasteiger charge is 2.30. The van der Waals surface area contributed by atoms with E-state index in [4.69, 9.17) is 16.6 Å². The number of aliphatic carboxylic acids is 1. The Hall–Kier alpha value is -3.38. The summed E-state index contributed by atoms with van der Waals surface area (Å²) in [5.41, 5.74) is 3.20. The second kappa shape index (κ2) is 9.70. The Balaban J connectivity index is 1.39. The minimum Gasteiger partial charge on any atom is -0.481 e. The fourth-order valence-electron chi connectivity index (χ4n) is 5.26. The molecule has 0 saturated heterocycles. The Morgan fingerprint density at radius 3 is 2.63 bits per heavy atom. The number of carbonyl (C=O) groups is 2. The van der Waals surface area contributed by atoms with Gasteiger partial charge in [-0.15, -0.1) is 0 Å². The largest absolute Gasteiger partial charge is 0.481 e. The Bertz CT molecular complexity index is 1410. The first-order valence-corrected chi connectivity index (χ1v) is 12.4. The standard InChI is InChI=1S/C28H28ClN3O3/c1-17(18-6-8-20(9-7-18)28(34)35)30-27(33)24-15-22(29)14-21-12-13-32(26(21)24)16-23-11-10-19-4-2-3-5-25(19)31-23/h2-5,10-15,17-18,20H,6-9,16H2,1H3,(H,30,33)(H,34,35)/t17?,18-,20-. The van der Waals surface area contributed by atoms with E-state index in [2.05, 4.69) is 11.4 Å². The third-order valence-corrected chi connectivity index (χ3v) is 7.46. The number of benzene rings is 2. The van der Waals surface area contributed by atoms with Crippen molar-refractivity contribution in [3.8, 4) is 0 Å². The highest BCUT2D eigenvalue weighted by atomic mass is 35.5. The zero-order valence-electron chi connectivity index (χ0n) is 19.6. The highest BCUT2D eigenvalue weighted by Crippen LogP contribution is 2.32. The lowest BCUT2D eigenvalue weighted by Gasteiger charge is -2.31. The molecule has 1 fully saturated rings. The quantitative estimate of drug-likeness (QED) is 0.353. The number of para-hydroxylation sites is 1. The molecule has 0 aliphatic heterocycles. The van der Waals surface area contributed by atoms with Gasteiger partial charge in [-0.2, -0.15) is 0 Å². The van der Waals surface area contributed by atoms with E-state index >= 15 is 0 Å². The molecule has 1 atom stereocenters. The number of fused-ring (bicyclic) bond motifs is 2. The van der Waals surface area contributed by atoms with Gasteiger partial charge in [-0.25, -0.2) is 0 Å². The van der Waals surface area contributed by atoms with Crippen LogP contribution in [0.5, 0.6) is 0 Å². The van der Waals surface area contributed by atoms with Crippen LogP contribution in [0.2, 0.25) is 5.02 Å². The highest BCUT2D eigenvalue weighted by molar-refractivity contribution is 6.32. The summed E-state index contributed by atoms with van der Waals surface area (Å²) >= 11 is 6.38. The predicted octanol–water partition coefficient (Wildman–Crippen LogP) is 5.90. The van der Waals surface area contributed by atoms with Crippen LogP contribution in [0, 0.1) is 11.8 Å². The van der Waals surface area contributed by atoms with Gasteiger partial charge in [0.05, 0.1) is 34.8 Å². The van der Waals surface area contributed by atoms with E-state index in [9.17, 15) is 14.7 Å². The Kier molecular flexibility index (Phi) is 6.48. The topological polar surface area (TPSA) is 84.2 Å². The summed E-state index contributed by atoms with van der Waals surface area (Å²) in [5, 5.41) is 14.9. The molecule has 180 valence electrons. The average Bonchev–Trinajstić information content (AvgIpc) is 3.25. The molecule has 1 aliphatic rings. The van der Waals surface area contributed by atoms with Gasteiger partial charge in [-0.1, -0.05) is 35.9 Å². The van der Waals surface area contributed by atoms with Gasteiger partial charge in [0.1, 0.15) is 0 Å². The molecule has 0 bridgehead atoms. The lowest BCUT2D eigenvalue weighted by Crippen LogP contribution is -2.40. The van der Waals surface area contributed by atoms with Crippen LogP contribution < -0.4 is 5.32 Å². The zero-order chi connectivity index (χ0) is 24.5.